The molecule has 1 aromatic rings. The lowest BCUT2D eigenvalue weighted by molar-refractivity contribution is -0.00784. The number of hydrogen-bond donors (Lipinski definition) is 1. The van der Waals surface area contributed by atoms with E-state index in [0.29, 0.717) is 6.10 Å². The molecule has 21 heavy (non-hydrogen) atoms. The van der Waals surface area contributed by atoms with Crippen molar-refractivity contribution >= 4 is 11.6 Å². The van der Waals surface area contributed by atoms with Crippen molar-refractivity contribution in [1.82, 2.24) is 5.32 Å². The molecule has 0 fully saturated rings. The molecule has 0 saturated carbocycles. The Morgan fingerprint density at radius 2 is 1.81 bits per heavy atom. The molecule has 0 aromatic heterocycles. The molecule has 0 amide bonds. The van der Waals surface area contributed by atoms with Gasteiger partial charge in [0.15, 0.2) is 0 Å². The van der Waals surface area contributed by atoms with Gasteiger partial charge in [0.1, 0.15) is 0 Å². The zero-order valence-corrected chi connectivity index (χ0v) is 14.5. The predicted octanol–water partition coefficient (Wildman–Crippen LogP) is 5.37. The highest BCUT2D eigenvalue weighted by Gasteiger charge is 2.15. The van der Waals surface area contributed by atoms with Crippen LogP contribution in [0.15, 0.2) is 24.3 Å². The van der Waals surface area contributed by atoms with Gasteiger partial charge in [0.2, 0.25) is 0 Å². The van der Waals surface area contributed by atoms with E-state index in [2.05, 4.69) is 38.2 Å². The van der Waals surface area contributed by atoms with E-state index < -0.39 is 0 Å². The van der Waals surface area contributed by atoms with Crippen LogP contribution in [-0.4, -0.2) is 19.2 Å². The minimum Gasteiger partial charge on any atom is -0.369 e. The van der Waals surface area contributed by atoms with Gasteiger partial charge in [-0.1, -0.05) is 63.3 Å². The van der Waals surface area contributed by atoms with Crippen molar-refractivity contribution in [3.63, 3.8) is 0 Å². The van der Waals surface area contributed by atoms with Gasteiger partial charge in [0, 0.05) is 11.6 Å². The van der Waals surface area contributed by atoms with Crippen molar-refractivity contribution in [1.29, 1.82) is 0 Å². The Balaban J connectivity index is 2.50. The lowest BCUT2D eigenvalue weighted by atomic mass is 10.1. The quantitative estimate of drug-likeness (QED) is 0.555. The maximum Gasteiger partial charge on any atom is 0.0952 e. The van der Waals surface area contributed by atoms with Crippen LogP contribution in [-0.2, 0) is 4.74 Å². The molecule has 2 unspecified atom stereocenters. The average Bonchev–Trinajstić information content (AvgIpc) is 2.49. The zero-order valence-electron chi connectivity index (χ0n) is 13.7. The molecule has 3 heteroatoms. The summed E-state index contributed by atoms with van der Waals surface area (Å²) in [6, 6.07) is 8.00. The summed E-state index contributed by atoms with van der Waals surface area (Å²) in [4.78, 5) is 0. The summed E-state index contributed by atoms with van der Waals surface area (Å²) in [6.07, 6.45) is 6.70. The van der Waals surface area contributed by atoms with Crippen LogP contribution in [0.2, 0.25) is 5.02 Å². The number of unbranched alkanes of at least 4 members (excludes halogenated alkanes) is 3. The maximum absolute atomic E-state index is 6.25. The second-order valence-electron chi connectivity index (χ2n) is 5.64. The molecule has 1 rings (SSSR count). The van der Waals surface area contributed by atoms with Crippen LogP contribution in [0.5, 0.6) is 0 Å². The molecule has 0 bridgehead atoms. The van der Waals surface area contributed by atoms with E-state index in [9.17, 15) is 0 Å². The molecule has 0 aliphatic carbocycles. The largest absolute Gasteiger partial charge is 0.369 e. The normalized spacial score (nSPS) is 14.1. The maximum atomic E-state index is 6.25. The number of ether oxygens (including phenoxy) is 1. The van der Waals surface area contributed by atoms with Crippen molar-refractivity contribution in [3.8, 4) is 0 Å². The van der Waals surface area contributed by atoms with Crippen LogP contribution in [0.1, 0.15) is 64.5 Å². The number of benzene rings is 1. The number of rotatable bonds is 11. The first-order chi connectivity index (χ1) is 10.2. The Hall–Kier alpha value is -0.570. The molecule has 0 saturated heterocycles. The monoisotopic (exact) mass is 311 g/mol. The second-order valence-corrected chi connectivity index (χ2v) is 6.08. The van der Waals surface area contributed by atoms with Crippen LogP contribution in [0.25, 0.3) is 0 Å². The van der Waals surface area contributed by atoms with E-state index in [4.69, 9.17) is 16.3 Å². The molecule has 0 spiro atoms. The van der Waals surface area contributed by atoms with E-state index in [1.54, 1.807) is 0 Å². The average molecular weight is 312 g/mol. The van der Waals surface area contributed by atoms with Crippen molar-refractivity contribution in [2.45, 2.75) is 65.1 Å². The SMILES string of the molecule is CCCCCCC(C)OC(CNCC)c1ccc(Cl)cc1. The van der Waals surface area contributed by atoms with Gasteiger partial charge in [0.25, 0.3) is 0 Å². The van der Waals surface area contributed by atoms with E-state index >= 15 is 0 Å². The van der Waals surface area contributed by atoms with Gasteiger partial charge in [-0.2, -0.15) is 0 Å². The third kappa shape index (κ3) is 7.85. The Morgan fingerprint density at radius 3 is 2.43 bits per heavy atom. The first kappa shape index (κ1) is 18.5. The van der Waals surface area contributed by atoms with Gasteiger partial charge in [0.05, 0.1) is 12.2 Å². The van der Waals surface area contributed by atoms with Gasteiger partial charge in [-0.15, -0.1) is 0 Å². The lowest BCUT2D eigenvalue weighted by Gasteiger charge is -2.23. The molecule has 1 aromatic carbocycles. The highest BCUT2D eigenvalue weighted by Crippen LogP contribution is 2.22. The van der Waals surface area contributed by atoms with Crippen LogP contribution in [0.3, 0.4) is 0 Å². The Bertz CT molecular complexity index is 366. The van der Waals surface area contributed by atoms with Crippen molar-refractivity contribution in [3.05, 3.63) is 34.9 Å². The van der Waals surface area contributed by atoms with E-state index in [1.165, 1.54) is 31.2 Å². The summed E-state index contributed by atoms with van der Waals surface area (Å²) in [5.74, 6) is 0. The molecule has 0 aliphatic rings. The summed E-state index contributed by atoms with van der Waals surface area (Å²) < 4.78 is 6.25. The van der Waals surface area contributed by atoms with Gasteiger partial charge < -0.3 is 10.1 Å². The smallest absolute Gasteiger partial charge is 0.0952 e. The summed E-state index contributed by atoms with van der Waals surface area (Å²) in [7, 11) is 0. The van der Waals surface area contributed by atoms with Crippen LogP contribution in [0, 0.1) is 0 Å². The number of halogens is 1. The summed E-state index contributed by atoms with van der Waals surface area (Å²) in [5, 5.41) is 4.16. The Morgan fingerprint density at radius 1 is 1.10 bits per heavy atom. The molecule has 0 heterocycles. The third-order valence-corrected chi connectivity index (χ3v) is 3.93. The van der Waals surface area contributed by atoms with E-state index in [-0.39, 0.29) is 6.10 Å². The van der Waals surface area contributed by atoms with Gasteiger partial charge >= 0.3 is 0 Å². The van der Waals surface area contributed by atoms with Crippen LogP contribution >= 0.6 is 11.6 Å². The molecule has 0 radical (unpaired) electrons. The number of nitrogens with one attached hydrogen (secondary N) is 1. The van der Waals surface area contributed by atoms with Crippen LogP contribution < -0.4 is 5.32 Å². The highest BCUT2D eigenvalue weighted by atomic mass is 35.5. The molecule has 120 valence electrons. The van der Waals surface area contributed by atoms with E-state index in [0.717, 1.165) is 24.5 Å². The lowest BCUT2D eigenvalue weighted by Crippen LogP contribution is -2.25. The molecule has 2 atom stereocenters. The van der Waals surface area contributed by atoms with Crippen molar-refractivity contribution in [2.75, 3.05) is 13.1 Å². The minimum absolute atomic E-state index is 0.100. The van der Waals surface area contributed by atoms with Crippen molar-refractivity contribution < 1.29 is 4.74 Å². The number of likely N-dealkylation sites (N-methyl/N-ethyl adjacent to an activating group) is 1. The first-order valence-corrected chi connectivity index (χ1v) is 8.66. The molecule has 1 N–H and O–H groups in total. The standard InChI is InChI=1S/C18H30ClNO/c1-4-6-7-8-9-15(3)21-18(14-20-5-2)16-10-12-17(19)13-11-16/h10-13,15,18,20H,4-9,14H2,1-3H3. The van der Waals surface area contributed by atoms with E-state index in [1.807, 2.05) is 12.1 Å². The van der Waals surface area contributed by atoms with Gasteiger partial charge in [-0.25, -0.2) is 0 Å². The Labute approximate surface area is 135 Å². The fourth-order valence-corrected chi connectivity index (χ4v) is 2.53. The minimum atomic E-state index is 0.100. The summed E-state index contributed by atoms with van der Waals surface area (Å²) in [5.41, 5.74) is 1.20. The fourth-order valence-electron chi connectivity index (χ4n) is 2.40. The molecular formula is C18H30ClNO. The highest BCUT2D eigenvalue weighted by molar-refractivity contribution is 6.30. The van der Waals surface area contributed by atoms with Gasteiger partial charge in [-0.05, 0) is 37.6 Å². The first-order valence-electron chi connectivity index (χ1n) is 8.29. The fraction of sp³-hybridized carbons (Fsp3) is 0.667. The third-order valence-electron chi connectivity index (χ3n) is 3.68. The molecular weight excluding hydrogens is 282 g/mol. The van der Waals surface area contributed by atoms with Crippen LogP contribution in [0.4, 0.5) is 0 Å². The van der Waals surface area contributed by atoms with Crippen molar-refractivity contribution in [2.24, 2.45) is 0 Å². The van der Waals surface area contributed by atoms with Gasteiger partial charge in [-0.3, -0.25) is 0 Å². The molecule has 0 aliphatic heterocycles. The molecule has 2 nitrogen and oxygen atoms in total. The zero-order chi connectivity index (χ0) is 15.5. The Kier molecular flexibility index (Phi) is 9.73. The predicted molar refractivity (Wildman–Crippen MR) is 92.0 cm³/mol. The second kappa shape index (κ2) is 11.1. The topological polar surface area (TPSA) is 21.3 Å². The summed E-state index contributed by atoms with van der Waals surface area (Å²) in [6.45, 7) is 8.34. The number of hydrogen-bond acceptors (Lipinski definition) is 2. The summed E-state index contributed by atoms with van der Waals surface area (Å²) >= 11 is 5.97.